The van der Waals surface area contributed by atoms with Crippen LogP contribution in [-0.4, -0.2) is 27.8 Å². The predicted octanol–water partition coefficient (Wildman–Crippen LogP) is 2.70. The molecule has 22 heavy (non-hydrogen) atoms. The van der Waals surface area contributed by atoms with Gasteiger partial charge in [0.25, 0.3) is 0 Å². The Morgan fingerprint density at radius 3 is 1.73 bits per heavy atom. The van der Waals surface area contributed by atoms with E-state index in [2.05, 4.69) is 6.92 Å². The van der Waals surface area contributed by atoms with Crippen molar-refractivity contribution in [2.75, 3.05) is 0 Å². The number of carbonyl (C=O) groups is 2. The van der Waals surface area contributed by atoms with Gasteiger partial charge in [0, 0.05) is 12.8 Å². The normalized spacial score (nSPS) is 19.9. The van der Waals surface area contributed by atoms with E-state index in [9.17, 15) is 9.59 Å². The molecule has 0 aromatic heterocycles. The van der Waals surface area contributed by atoms with E-state index in [1.807, 2.05) is 0 Å². The average molecular weight is 316 g/mol. The molecule has 6 N–H and O–H groups in total. The average Bonchev–Trinajstić information content (AvgIpc) is 2.41. The maximum atomic E-state index is 10.1. The Morgan fingerprint density at radius 2 is 1.41 bits per heavy atom. The van der Waals surface area contributed by atoms with Gasteiger partial charge in [-0.1, -0.05) is 39.0 Å². The molecule has 0 radical (unpaired) electrons. The Bertz CT molecular complexity index is 314. The zero-order chi connectivity index (χ0) is 17.0. The van der Waals surface area contributed by atoms with Crippen molar-refractivity contribution in [2.24, 2.45) is 17.4 Å². The van der Waals surface area contributed by atoms with Crippen molar-refractivity contribution in [2.45, 2.75) is 83.2 Å². The minimum absolute atomic E-state index is 0.221. The van der Waals surface area contributed by atoms with Crippen LogP contribution >= 0.6 is 0 Å². The fraction of sp³-hybridized carbons (Fsp3) is 0.875. The molecular formula is C16H32N2O4. The van der Waals surface area contributed by atoms with Gasteiger partial charge in [-0.2, -0.15) is 0 Å². The second kappa shape index (κ2) is 11.4. The van der Waals surface area contributed by atoms with Gasteiger partial charge in [0.1, 0.15) is 0 Å². The summed E-state index contributed by atoms with van der Waals surface area (Å²) in [6.07, 6.45) is 9.23. The molecule has 1 aliphatic rings. The van der Waals surface area contributed by atoms with E-state index >= 15 is 0 Å². The van der Waals surface area contributed by atoms with Crippen LogP contribution < -0.4 is 11.5 Å². The van der Waals surface area contributed by atoms with Crippen molar-refractivity contribution in [1.29, 1.82) is 0 Å². The highest BCUT2D eigenvalue weighted by Crippen LogP contribution is 2.26. The van der Waals surface area contributed by atoms with Crippen LogP contribution in [0.15, 0.2) is 0 Å². The molecule has 1 aliphatic carbocycles. The van der Waals surface area contributed by atoms with Gasteiger partial charge in [0.15, 0.2) is 0 Å². The van der Waals surface area contributed by atoms with Crippen LogP contribution in [0, 0.1) is 5.92 Å². The summed E-state index contributed by atoms with van der Waals surface area (Å²) < 4.78 is 0. The van der Waals surface area contributed by atoms with Gasteiger partial charge < -0.3 is 21.7 Å². The lowest BCUT2D eigenvalue weighted by molar-refractivity contribution is -0.138. The molecule has 0 saturated heterocycles. The number of carboxylic acid groups (broad SMARTS) is 2. The highest BCUT2D eigenvalue weighted by atomic mass is 16.4. The lowest BCUT2D eigenvalue weighted by Gasteiger charge is -2.35. The van der Waals surface area contributed by atoms with Gasteiger partial charge >= 0.3 is 11.9 Å². The third-order valence-electron chi connectivity index (χ3n) is 4.20. The molecule has 0 amide bonds. The zero-order valence-corrected chi connectivity index (χ0v) is 13.7. The molecule has 0 spiro atoms. The number of hydrogen-bond acceptors (Lipinski definition) is 4. The summed E-state index contributed by atoms with van der Waals surface area (Å²) in [5.74, 6) is -1.01. The Morgan fingerprint density at radius 1 is 0.955 bits per heavy atom. The minimum atomic E-state index is -0.759. The smallest absolute Gasteiger partial charge is 0.303 e. The summed E-state index contributed by atoms with van der Waals surface area (Å²) in [6.45, 7) is 2.14. The largest absolute Gasteiger partial charge is 0.481 e. The first kappa shape index (κ1) is 20.9. The molecule has 0 aromatic rings. The van der Waals surface area contributed by atoms with E-state index in [1.165, 1.54) is 19.3 Å². The molecule has 6 nitrogen and oxygen atoms in total. The number of unbranched alkanes of at least 4 members (excludes halogenated alkanes) is 4. The lowest BCUT2D eigenvalue weighted by atomic mass is 9.81. The highest BCUT2D eigenvalue weighted by Gasteiger charge is 2.29. The van der Waals surface area contributed by atoms with Crippen LogP contribution in [0.5, 0.6) is 0 Å². The molecule has 0 aromatic carbocycles. The zero-order valence-electron chi connectivity index (χ0n) is 13.7. The summed E-state index contributed by atoms with van der Waals surface area (Å²) in [6, 6.07) is 0. The summed E-state index contributed by atoms with van der Waals surface area (Å²) in [5, 5.41) is 16.6. The lowest BCUT2D eigenvalue weighted by Crippen LogP contribution is -2.56. The van der Waals surface area contributed by atoms with E-state index in [0.29, 0.717) is 18.8 Å². The van der Waals surface area contributed by atoms with E-state index in [0.717, 1.165) is 25.7 Å². The topological polar surface area (TPSA) is 127 Å². The first-order chi connectivity index (χ1) is 10.3. The molecule has 0 heterocycles. The van der Waals surface area contributed by atoms with E-state index in [4.69, 9.17) is 21.7 Å². The van der Waals surface area contributed by atoms with Gasteiger partial charge in [-0.3, -0.25) is 9.59 Å². The van der Waals surface area contributed by atoms with Crippen LogP contribution in [-0.2, 0) is 9.59 Å². The summed E-state index contributed by atoms with van der Waals surface area (Å²) in [4.78, 5) is 20.2. The quantitative estimate of drug-likeness (QED) is 0.403. The third kappa shape index (κ3) is 11.5. The molecule has 1 unspecified atom stereocenters. The third-order valence-corrected chi connectivity index (χ3v) is 4.20. The van der Waals surface area contributed by atoms with Crippen LogP contribution in [0.1, 0.15) is 77.6 Å². The molecule has 0 aliphatic heterocycles. The van der Waals surface area contributed by atoms with Gasteiger partial charge in [-0.05, 0) is 31.6 Å². The fourth-order valence-corrected chi connectivity index (χ4v) is 2.48. The molecule has 1 saturated carbocycles. The van der Waals surface area contributed by atoms with Crippen LogP contribution in [0.4, 0.5) is 0 Å². The van der Waals surface area contributed by atoms with Crippen molar-refractivity contribution in [1.82, 2.24) is 0 Å². The number of hydrogen-bond donors (Lipinski definition) is 4. The van der Waals surface area contributed by atoms with Gasteiger partial charge in [0.05, 0.1) is 5.66 Å². The van der Waals surface area contributed by atoms with Crippen LogP contribution in [0.2, 0.25) is 0 Å². The fourth-order valence-electron chi connectivity index (χ4n) is 2.48. The Hall–Kier alpha value is -1.14. The van der Waals surface area contributed by atoms with Gasteiger partial charge in [-0.25, -0.2) is 0 Å². The van der Waals surface area contributed by atoms with Crippen molar-refractivity contribution < 1.29 is 19.8 Å². The van der Waals surface area contributed by atoms with E-state index in [1.54, 1.807) is 0 Å². The van der Waals surface area contributed by atoms with E-state index < -0.39 is 11.9 Å². The maximum absolute atomic E-state index is 10.1. The molecule has 0 bridgehead atoms. The molecule has 1 fully saturated rings. The Kier molecular flexibility index (Phi) is 10.8. The van der Waals surface area contributed by atoms with Crippen LogP contribution in [0.25, 0.3) is 0 Å². The maximum Gasteiger partial charge on any atom is 0.303 e. The Labute approximate surface area is 133 Å². The molecule has 130 valence electrons. The predicted molar refractivity (Wildman–Crippen MR) is 86.3 cm³/mol. The summed E-state index contributed by atoms with van der Waals surface area (Å²) in [7, 11) is 0. The second-order valence-electron chi connectivity index (χ2n) is 6.31. The van der Waals surface area contributed by atoms with Crippen molar-refractivity contribution in [3.8, 4) is 0 Å². The second-order valence-corrected chi connectivity index (χ2v) is 6.31. The number of carboxylic acids is 2. The minimum Gasteiger partial charge on any atom is -0.481 e. The first-order valence-corrected chi connectivity index (χ1v) is 8.27. The van der Waals surface area contributed by atoms with Crippen LogP contribution in [0.3, 0.4) is 0 Å². The highest BCUT2D eigenvalue weighted by molar-refractivity contribution is 5.66. The molecule has 1 rings (SSSR count). The van der Waals surface area contributed by atoms with Crippen molar-refractivity contribution >= 4 is 11.9 Å². The number of nitrogens with two attached hydrogens (primary N) is 2. The van der Waals surface area contributed by atoms with Gasteiger partial charge in [-0.15, -0.1) is 0 Å². The molecular weight excluding hydrogens is 284 g/mol. The summed E-state index contributed by atoms with van der Waals surface area (Å²) >= 11 is 0. The standard InChI is InChI=1S/C9H16O4.C7H16N2/c10-8(11)6-4-2-1-3-5-7-9(12)13;1-6-4-2-3-5-7(6,8)9/h1-7H2,(H,10,11)(H,12,13);6H,2-5,8-9H2,1H3. The van der Waals surface area contributed by atoms with Crippen molar-refractivity contribution in [3.63, 3.8) is 0 Å². The SMILES string of the molecule is CC1CCCCC1(N)N.O=C(O)CCCCCCCC(=O)O. The number of rotatable bonds is 8. The summed E-state index contributed by atoms with van der Waals surface area (Å²) in [5.41, 5.74) is 11.2. The van der Waals surface area contributed by atoms with Crippen molar-refractivity contribution in [3.05, 3.63) is 0 Å². The van der Waals surface area contributed by atoms with Gasteiger partial charge in [0.2, 0.25) is 0 Å². The van der Waals surface area contributed by atoms with E-state index in [-0.39, 0.29) is 18.5 Å². The monoisotopic (exact) mass is 316 g/mol. The molecule has 1 atom stereocenters. The molecule has 6 heteroatoms. The first-order valence-electron chi connectivity index (χ1n) is 8.27. The Balaban J connectivity index is 0.000000425. The number of aliphatic carboxylic acids is 2.